The number of carbonyl (C=O) groups excluding carboxylic acids is 1. The first kappa shape index (κ1) is 18.8. The highest BCUT2D eigenvalue weighted by molar-refractivity contribution is 6.42. The van der Waals surface area contributed by atoms with Crippen LogP contribution in [0.2, 0.25) is 15.1 Å². The van der Waals surface area contributed by atoms with Crippen molar-refractivity contribution in [1.29, 1.82) is 0 Å². The van der Waals surface area contributed by atoms with E-state index in [9.17, 15) is 4.79 Å². The fourth-order valence-electron chi connectivity index (χ4n) is 2.84. The van der Waals surface area contributed by atoms with Gasteiger partial charge in [-0.05, 0) is 55.8 Å². The molecule has 0 atom stereocenters. The normalized spacial score (nSPS) is 10.8. The molecule has 3 aromatic rings. The van der Waals surface area contributed by atoms with Crippen LogP contribution in [0.3, 0.4) is 0 Å². The van der Waals surface area contributed by atoms with E-state index in [4.69, 9.17) is 34.8 Å². The summed E-state index contributed by atoms with van der Waals surface area (Å²) in [5.41, 5.74) is 3.21. The number of rotatable bonds is 4. The third kappa shape index (κ3) is 3.75. The first-order chi connectivity index (χ1) is 12.4. The van der Waals surface area contributed by atoms with Gasteiger partial charge in [0, 0.05) is 22.0 Å². The lowest BCUT2D eigenvalue weighted by Gasteiger charge is -2.28. The number of benzene rings is 2. The van der Waals surface area contributed by atoms with Crippen molar-refractivity contribution in [1.82, 2.24) is 4.68 Å². The van der Waals surface area contributed by atoms with Gasteiger partial charge in [-0.15, -0.1) is 0 Å². The largest absolute Gasteiger partial charge is 0.273 e. The Kier molecular flexibility index (Phi) is 5.61. The van der Waals surface area contributed by atoms with Crippen molar-refractivity contribution in [3.63, 3.8) is 0 Å². The second-order valence-corrected chi connectivity index (χ2v) is 7.23. The molecule has 0 N–H and O–H groups in total. The zero-order valence-electron chi connectivity index (χ0n) is 14.3. The van der Waals surface area contributed by atoms with Gasteiger partial charge in [-0.25, -0.2) is 5.01 Å². The lowest BCUT2D eigenvalue weighted by Crippen LogP contribution is -2.41. The molecule has 1 amide bonds. The summed E-state index contributed by atoms with van der Waals surface area (Å²) in [5.74, 6) is -0.189. The Morgan fingerprint density at radius 1 is 0.885 bits per heavy atom. The number of hydrogen-bond acceptors (Lipinski definition) is 1. The summed E-state index contributed by atoms with van der Waals surface area (Å²) in [5, 5.41) is 3.03. The molecule has 1 heterocycles. The van der Waals surface area contributed by atoms with E-state index in [0.717, 1.165) is 17.0 Å². The smallest absolute Gasteiger partial charge is 0.267 e. The SMILES string of the molecule is Cc1ccc(C)n1N(Cc1ccccc1Cl)C(=O)c1ccc(Cl)c(Cl)c1. The van der Waals surface area contributed by atoms with E-state index >= 15 is 0 Å². The molecule has 26 heavy (non-hydrogen) atoms. The number of amides is 1. The van der Waals surface area contributed by atoms with E-state index in [0.29, 0.717) is 27.2 Å². The van der Waals surface area contributed by atoms with Gasteiger partial charge < -0.3 is 0 Å². The monoisotopic (exact) mass is 406 g/mol. The van der Waals surface area contributed by atoms with Crippen LogP contribution in [0.25, 0.3) is 0 Å². The molecule has 6 heteroatoms. The standard InChI is InChI=1S/C20H17Cl3N2O/c1-13-7-8-14(2)25(13)24(12-16-5-3-4-6-17(16)21)20(26)15-9-10-18(22)19(23)11-15/h3-11H,12H2,1-2H3. The quantitative estimate of drug-likeness (QED) is 0.517. The molecule has 0 radical (unpaired) electrons. The summed E-state index contributed by atoms with van der Waals surface area (Å²) in [6.45, 7) is 4.23. The number of halogens is 3. The van der Waals surface area contributed by atoms with Gasteiger partial charge in [0.05, 0.1) is 16.6 Å². The molecule has 0 aliphatic rings. The number of aryl methyl sites for hydroxylation is 2. The minimum Gasteiger partial charge on any atom is -0.267 e. The highest BCUT2D eigenvalue weighted by atomic mass is 35.5. The molecule has 0 aliphatic heterocycles. The zero-order chi connectivity index (χ0) is 18.8. The van der Waals surface area contributed by atoms with Crippen molar-refractivity contribution in [3.05, 3.63) is 92.2 Å². The van der Waals surface area contributed by atoms with Crippen LogP contribution in [0, 0.1) is 13.8 Å². The number of carbonyl (C=O) groups is 1. The van der Waals surface area contributed by atoms with Crippen LogP contribution in [-0.2, 0) is 6.54 Å². The minimum atomic E-state index is -0.189. The molecule has 0 fully saturated rings. The van der Waals surface area contributed by atoms with Gasteiger partial charge in [0.1, 0.15) is 0 Å². The summed E-state index contributed by atoms with van der Waals surface area (Å²) < 4.78 is 1.88. The molecule has 2 aromatic carbocycles. The Morgan fingerprint density at radius 3 is 2.15 bits per heavy atom. The Balaban J connectivity index is 2.07. The Hall–Kier alpha value is -1.94. The fraction of sp³-hybridized carbons (Fsp3) is 0.150. The first-order valence-electron chi connectivity index (χ1n) is 8.04. The summed E-state index contributed by atoms with van der Waals surface area (Å²) in [4.78, 5) is 13.3. The van der Waals surface area contributed by atoms with E-state index in [1.54, 1.807) is 23.2 Å². The van der Waals surface area contributed by atoms with Crippen LogP contribution in [0.15, 0.2) is 54.6 Å². The number of aromatic nitrogens is 1. The van der Waals surface area contributed by atoms with E-state index in [1.165, 1.54) is 0 Å². The van der Waals surface area contributed by atoms with Crippen molar-refractivity contribution in [3.8, 4) is 0 Å². The van der Waals surface area contributed by atoms with Crippen LogP contribution >= 0.6 is 34.8 Å². The molecule has 0 saturated heterocycles. The fourth-order valence-corrected chi connectivity index (χ4v) is 3.33. The zero-order valence-corrected chi connectivity index (χ0v) is 16.6. The molecule has 0 bridgehead atoms. The van der Waals surface area contributed by atoms with Gasteiger partial charge in [-0.3, -0.25) is 9.47 Å². The molecule has 0 unspecified atom stereocenters. The molecular weight excluding hydrogens is 391 g/mol. The molecule has 3 nitrogen and oxygen atoms in total. The van der Waals surface area contributed by atoms with Gasteiger partial charge in [-0.1, -0.05) is 53.0 Å². The van der Waals surface area contributed by atoms with Crippen molar-refractivity contribution in [2.24, 2.45) is 0 Å². The van der Waals surface area contributed by atoms with Crippen LogP contribution in [0.5, 0.6) is 0 Å². The highest BCUT2D eigenvalue weighted by Crippen LogP contribution is 2.25. The lowest BCUT2D eigenvalue weighted by molar-refractivity contribution is 0.0954. The van der Waals surface area contributed by atoms with E-state index in [1.807, 2.05) is 54.9 Å². The first-order valence-corrected chi connectivity index (χ1v) is 9.17. The van der Waals surface area contributed by atoms with Crippen molar-refractivity contribution in [2.75, 3.05) is 5.01 Å². The van der Waals surface area contributed by atoms with Crippen LogP contribution in [0.4, 0.5) is 0 Å². The Labute approximate surface area is 167 Å². The van der Waals surface area contributed by atoms with Gasteiger partial charge in [0.15, 0.2) is 0 Å². The molecule has 0 spiro atoms. The van der Waals surface area contributed by atoms with E-state index in [2.05, 4.69) is 0 Å². The van der Waals surface area contributed by atoms with Crippen LogP contribution in [0.1, 0.15) is 27.3 Å². The maximum absolute atomic E-state index is 13.3. The number of hydrogen-bond donors (Lipinski definition) is 0. The number of nitrogens with zero attached hydrogens (tertiary/aromatic N) is 2. The average molecular weight is 408 g/mol. The molecule has 0 saturated carbocycles. The van der Waals surface area contributed by atoms with Crippen molar-refractivity contribution in [2.45, 2.75) is 20.4 Å². The van der Waals surface area contributed by atoms with Crippen molar-refractivity contribution >= 4 is 40.7 Å². The Morgan fingerprint density at radius 2 is 1.54 bits per heavy atom. The van der Waals surface area contributed by atoms with Gasteiger partial charge in [-0.2, -0.15) is 0 Å². The summed E-state index contributed by atoms with van der Waals surface area (Å²) in [7, 11) is 0. The molecular formula is C20H17Cl3N2O. The van der Waals surface area contributed by atoms with Gasteiger partial charge >= 0.3 is 0 Å². The third-order valence-corrected chi connectivity index (χ3v) is 5.26. The van der Waals surface area contributed by atoms with Crippen molar-refractivity contribution < 1.29 is 4.79 Å². The van der Waals surface area contributed by atoms with E-state index in [-0.39, 0.29) is 5.91 Å². The van der Waals surface area contributed by atoms with E-state index < -0.39 is 0 Å². The third-order valence-electron chi connectivity index (χ3n) is 4.15. The van der Waals surface area contributed by atoms with Gasteiger partial charge in [0.2, 0.25) is 0 Å². The maximum Gasteiger partial charge on any atom is 0.273 e. The molecule has 0 aliphatic carbocycles. The Bertz CT molecular complexity index is 946. The van der Waals surface area contributed by atoms with Crippen LogP contribution < -0.4 is 5.01 Å². The molecule has 3 rings (SSSR count). The second-order valence-electron chi connectivity index (χ2n) is 6.01. The summed E-state index contributed by atoms with van der Waals surface area (Å²) in [6.07, 6.45) is 0. The van der Waals surface area contributed by atoms with Gasteiger partial charge in [0.25, 0.3) is 5.91 Å². The predicted molar refractivity (Wildman–Crippen MR) is 108 cm³/mol. The average Bonchev–Trinajstić information content (AvgIpc) is 2.95. The maximum atomic E-state index is 13.3. The lowest BCUT2D eigenvalue weighted by atomic mass is 10.1. The second kappa shape index (κ2) is 7.75. The van der Waals surface area contributed by atoms with Crippen LogP contribution in [-0.4, -0.2) is 10.6 Å². The molecule has 134 valence electrons. The highest BCUT2D eigenvalue weighted by Gasteiger charge is 2.22. The predicted octanol–water partition coefficient (Wildman–Crippen LogP) is 6.04. The molecule has 1 aromatic heterocycles. The minimum absolute atomic E-state index is 0.189. The topological polar surface area (TPSA) is 25.2 Å². The summed E-state index contributed by atoms with van der Waals surface area (Å²) >= 11 is 18.4. The summed E-state index contributed by atoms with van der Waals surface area (Å²) in [6, 6.07) is 16.3.